The molecule has 3 rings (SSSR count). The fourth-order valence-corrected chi connectivity index (χ4v) is 3.87. The van der Waals surface area contributed by atoms with Gasteiger partial charge in [-0.3, -0.25) is 9.69 Å². The number of carbonyl (C=O) groups excluding carboxylic acids is 2. The zero-order valence-corrected chi connectivity index (χ0v) is 17.8. The second-order valence-electron chi connectivity index (χ2n) is 8.27. The molecule has 0 N–H and O–H groups in total. The van der Waals surface area contributed by atoms with Crippen molar-refractivity contribution in [2.24, 2.45) is 0 Å². The third-order valence-corrected chi connectivity index (χ3v) is 5.08. The maximum absolute atomic E-state index is 14.3. The summed E-state index contributed by atoms with van der Waals surface area (Å²) in [5.41, 5.74) is 0.171. The van der Waals surface area contributed by atoms with Crippen molar-refractivity contribution < 1.29 is 18.7 Å². The number of amides is 2. The SMILES string of the molecule is Cc1ccc(F)c2ccnc(N(C(=O)Cl)[C@@H]3CCCN(C(=O)OC(C)(C)C)C3)c12. The quantitative estimate of drug-likeness (QED) is 0.491. The third kappa shape index (κ3) is 4.61. The van der Waals surface area contributed by atoms with Crippen molar-refractivity contribution in [3.63, 3.8) is 0 Å². The van der Waals surface area contributed by atoms with Gasteiger partial charge in [0, 0.05) is 30.1 Å². The van der Waals surface area contributed by atoms with Gasteiger partial charge >= 0.3 is 11.5 Å². The molecule has 156 valence electrons. The van der Waals surface area contributed by atoms with Crippen LogP contribution in [0.1, 0.15) is 39.2 Å². The minimum Gasteiger partial charge on any atom is -0.444 e. The molecule has 0 radical (unpaired) electrons. The van der Waals surface area contributed by atoms with E-state index in [1.165, 1.54) is 17.2 Å². The largest absolute Gasteiger partial charge is 0.444 e. The average molecular weight is 422 g/mol. The van der Waals surface area contributed by atoms with Crippen LogP contribution >= 0.6 is 11.6 Å². The Morgan fingerprint density at radius 3 is 2.69 bits per heavy atom. The Balaban J connectivity index is 1.97. The normalized spacial score (nSPS) is 17.3. The van der Waals surface area contributed by atoms with Crippen LogP contribution in [0.15, 0.2) is 24.4 Å². The van der Waals surface area contributed by atoms with Gasteiger partial charge in [-0.25, -0.2) is 14.2 Å². The van der Waals surface area contributed by atoms with Crippen molar-refractivity contribution >= 4 is 39.7 Å². The molecular formula is C21H25ClFN3O3. The van der Waals surface area contributed by atoms with Gasteiger partial charge in [-0.2, -0.15) is 0 Å². The zero-order valence-electron chi connectivity index (χ0n) is 17.0. The Morgan fingerprint density at radius 1 is 1.31 bits per heavy atom. The highest BCUT2D eigenvalue weighted by Crippen LogP contribution is 2.33. The summed E-state index contributed by atoms with van der Waals surface area (Å²) in [7, 11) is 0. The first-order valence-electron chi connectivity index (χ1n) is 9.59. The number of fused-ring (bicyclic) bond motifs is 1. The lowest BCUT2D eigenvalue weighted by Gasteiger charge is -2.38. The topological polar surface area (TPSA) is 62.7 Å². The van der Waals surface area contributed by atoms with Crippen LogP contribution in [0, 0.1) is 12.7 Å². The third-order valence-electron chi connectivity index (χ3n) is 4.89. The molecule has 1 fully saturated rings. The molecule has 0 saturated carbocycles. The number of hydrogen-bond acceptors (Lipinski definition) is 4. The first kappa shape index (κ1) is 21.3. The minimum atomic E-state index is -0.718. The first-order chi connectivity index (χ1) is 13.6. The second-order valence-corrected chi connectivity index (χ2v) is 8.59. The number of halogens is 2. The Hall–Kier alpha value is -2.41. The molecule has 8 heteroatoms. The summed E-state index contributed by atoms with van der Waals surface area (Å²) in [5, 5.41) is 0.193. The highest BCUT2D eigenvalue weighted by molar-refractivity contribution is 6.66. The molecule has 1 atom stereocenters. The number of benzene rings is 1. The van der Waals surface area contributed by atoms with E-state index in [1.54, 1.807) is 37.8 Å². The Labute approximate surface area is 174 Å². The molecule has 1 aliphatic heterocycles. The Morgan fingerprint density at radius 2 is 2.03 bits per heavy atom. The lowest BCUT2D eigenvalue weighted by molar-refractivity contribution is 0.0200. The zero-order chi connectivity index (χ0) is 21.3. The van der Waals surface area contributed by atoms with Gasteiger partial charge in [0.05, 0.1) is 6.04 Å². The molecule has 1 aliphatic rings. The highest BCUT2D eigenvalue weighted by Gasteiger charge is 2.34. The number of nitrogens with zero attached hydrogens (tertiary/aromatic N) is 3. The van der Waals surface area contributed by atoms with Crippen molar-refractivity contribution in [3.05, 3.63) is 35.8 Å². The first-order valence-corrected chi connectivity index (χ1v) is 9.96. The van der Waals surface area contributed by atoms with Crippen molar-refractivity contribution in [1.82, 2.24) is 9.88 Å². The van der Waals surface area contributed by atoms with Crippen LogP contribution in [0.4, 0.5) is 19.8 Å². The van der Waals surface area contributed by atoms with E-state index in [-0.39, 0.29) is 12.6 Å². The molecule has 0 bridgehead atoms. The smallest absolute Gasteiger partial charge is 0.410 e. The van der Waals surface area contributed by atoms with Crippen LogP contribution in [-0.4, -0.2) is 46.1 Å². The summed E-state index contributed by atoms with van der Waals surface area (Å²) < 4.78 is 19.8. The van der Waals surface area contributed by atoms with E-state index >= 15 is 0 Å². The van der Waals surface area contributed by atoms with E-state index in [0.29, 0.717) is 36.0 Å². The number of carbonyl (C=O) groups is 2. The molecular weight excluding hydrogens is 397 g/mol. The van der Waals surface area contributed by atoms with Gasteiger partial charge in [-0.15, -0.1) is 0 Å². The van der Waals surface area contributed by atoms with E-state index < -0.39 is 22.9 Å². The molecule has 0 spiro atoms. The van der Waals surface area contributed by atoms with E-state index in [1.807, 2.05) is 6.92 Å². The molecule has 1 saturated heterocycles. The maximum atomic E-state index is 14.3. The molecule has 2 aromatic rings. The molecule has 0 unspecified atom stereocenters. The van der Waals surface area contributed by atoms with Gasteiger partial charge < -0.3 is 9.64 Å². The van der Waals surface area contributed by atoms with Gasteiger partial charge in [-0.1, -0.05) is 6.07 Å². The number of hydrogen-bond donors (Lipinski definition) is 0. The Kier molecular flexibility index (Phi) is 5.98. The van der Waals surface area contributed by atoms with Crippen LogP contribution in [0.25, 0.3) is 10.8 Å². The molecule has 1 aromatic carbocycles. The molecule has 29 heavy (non-hydrogen) atoms. The van der Waals surface area contributed by atoms with Crippen molar-refractivity contribution in [3.8, 4) is 0 Å². The fraction of sp³-hybridized carbons (Fsp3) is 0.476. The summed E-state index contributed by atoms with van der Waals surface area (Å²) in [6.07, 6.45) is 2.35. The maximum Gasteiger partial charge on any atom is 0.410 e. The van der Waals surface area contributed by atoms with Crippen molar-refractivity contribution in [1.29, 1.82) is 0 Å². The van der Waals surface area contributed by atoms with Gasteiger partial charge in [-0.05, 0) is 69.8 Å². The molecule has 2 heterocycles. The van der Waals surface area contributed by atoms with Gasteiger partial charge in [0.2, 0.25) is 0 Å². The van der Waals surface area contributed by atoms with Crippen LogP contribution in [-0.2, 0) is 4.74 Å². The summed E-state index contributed by atoms with van der Waals surface area (Å²) in [6, 6.07) is 4.22. The number of likely N-dealkylation sites (tertiary alicyclic amines) is 1. The number of aryl methyl sites for hydroxylation is 1. The Bertz CT molecular complexity index is 945. The second kappa shape index (κ2) is 8.14. The highest BCUT2D eigenvalue weighted by atomic mass is 35.5. The molecule has 1 aromatic heterocycles. The predicted octanol–water partition coefficient (Wildman–Crippen LogP) is 5.25. The van der Waals surface area contributed by atoms with E-state index in [2.05, 4.69) is 4.98 Å². The molecule has 0 aliphatic carbocycles. The summed E-state index contributed by atoms with van der Waals surface area (Å²) in [4.78, 5) is 32.2. The summed E-state index contributed by atoms with van der Waals surface area (Å²) >= 11 is 5.96. The number of anilines is 1. The average Bonchev–Trinajstić information content (AvgIpc) is 2.64. The monoisotopic (exact) mass is 421 g/mol. The number of pyridine rings is 1. The van der Waals surface area contributed by atoms with Crippen molar-refractivity contribution in [2.75, 3.05) is 18.0 Å². The van der Waals surface area contributed by atoms with E-state index in [4.69, 9.17) is 16.3 Å². The van der Waals surface area contributed by atoms with Crippen LogP contribution in [0.5, 0.6) is 0 Å². The number of piperidine rings is 1. The van der Waals surface area contributed by atoms with Crippen LogP contribution in [0.3, 0.4) is 0 Å². The minimum absolute atomic E-state index is 0.264. The predicted molar refractivity (Wildman–Crippen MR) is 111 cm³/mol. The van der Waals surface area contributed by atoms with Crippen LogP contribution < -0.4 is 4.90 Å². The standard InChI is InChI=1S/C21H25ClFN3O3/c1-13-7-8-16(23)15-9-10-24-18(17(13)15)26(19(22)27)14-6-5-11-25(12-14)20(28)29-21(2,3)4/h7-10,14H,5-6,11-12H2,1-4H3/t14-/m1/s1. The number of ether oxygens (including phenoxy) is 1. The van der Waals surface area contributed by atoms with Crippen LogP contribution in [0.2, 0.25) is 0 Å². The number of aromatic nitrogens is 1. The van der Waals surface area contributed by atoms with Crippen molar-refractivity contribution in [2.45, 2.75) is 52.2 Å². The summed E-state index contributed by atoms with van der Waals surface area (Å²) in [5.74, 6) is -0.0919. The van der Waals surface area contributed by atoms with E-state index in [0.717, 1.165) is 5.56 Å². The lowest BCUT2D eigenvalue weighted by Crippen LogP contribution is -2.52. The fourth-order valence-electron chi connectivity index (χ4n) is 3.65. The number of rotatable bonds is 2. The summed E-state index contributed by atoms with van der Waals surface area (Å²) in [6.45, 7) is 8.04. The molecule has 2 amide bonds. The van der Waals surface area contributed by atoms with Gasteiger partial charge in [0.15, 0.2) is 0 Å². The molecule has 6 nitrogen and oxygen atoms in total. The van der Waals surface area contributed by atoms with Gasteiger partial charge in [0.1, 0.15) is 17.2 Å². The van der Waals surface area contributed by atoms with E-state index in [9.17, 15) is 14.0 Å². The van der Waals surface area contributed by atoms with Gasteiger partial charge in [0.25, 0.3) is 0 Å². The lowest BCUT2D eigenvalue weighted by atomic mass is 10.0.